The summed E-state index contributed by atoms with van der Waals surface area (Å²) in [5.41, 5.74) is 0.985. The first-order valence-corrected chi connectivity index (χ1v) is 5.15. The van der Waals surface area contributed by atoms with E-state index in [0.717, 1.165) is 0 Å². The van der Waals surface area contributed by atoms with Crippen LogP contribution in [0.25, 0.3) is 0 Å². The number of carbonyl (C=O) groups is 1. The number of nitriles is 1. The molecular formula is C12H14N2O3. The van der Waals surface area contributed by atoms with Crippen LogP contribution in [0, 0.1) is 11.3 Å². The molecule has 0 aromatic heterocycles. The van der Waals surface area contributed by atoms with Crippen LogP contribution in [0.4, 0.5) is 0 Å². The van der Waals surface area contributed by atoms with Crippen molar-refractivity contribution in [3.8, 4) is 6.07 Å². The normalized spacial score (nSPS) is 13.5. The number of aliphatic hydroxyl groups is 2. The first-order chi connectivity index (χ1) is 8.04. The number of aliphatic hydroxyl groups excluding tert-OH is 2. The van der Waals surface area contributed by atoms with Crippen molar-refractivity contribution in [2.24, 2.45) is 0 Å². The van der Waals surface area contributed by atoms with Crippen LogP contribution in [0.3, 0.4) is 0 Å². The molecule has 0 heterocycles. The molecule has 0 aliphatic rings. The molecular weight excluding hydrogens is 220 g/mol. The number of benzene rings is 1. The third-order valence-corrected chi connectivity index (χ3v) is 2.31. The van der Waals surface area contributed by atoms with E-state index in [0.29, 0.717) is 11.1 Å². The first kappa shape index (κ1) is 13.2. The molecule has 0 spiro atoms. The fraction of sp³-hybridized carbons (Fsp3) is 0.333. The highest BCUT2D eigenvalue weighted by molar-refractivity contribution is 5.72. The molecule has 1 aromatic carbocycles. The van der Waals surface area contributed by atoms with Crippen molar-refractivity contribution in [2.45, 2.75) is 19.1 Å². The monoisotopic (exact) mass is 234 g/mol. The lowest BCUT2D eigenvalue weighted by Gasteiger charge is -2.18. The van der Waals surface area contributed by atoms with Crippen LogP contribution < -0.4 is 5.32 Å². The molecule has 2 unspecified atom stereocenters. The van der Waals surface area contributed by atoms with Crippen LogP contribution in [0.1, 0.15) is 24.2 Å². The van der Waals surface area contributed by atoms with Crippen molar-refractivity contribution in [2.75, 3.05) is 6.54 Å². The van der Waals surface area contributed by atoms with Crippen LogP contribution in [0.5, 0.6) is 0 Å². The van der Waals surface area contributed by atoms with E-state index in [1.165, 1.54) is 6.92 Å². The molecule has 1 aromatic rings. The largest absolute Gasteiger partial charge is 0.388 e. The minimum Gasteiger partial charge on any atom is -0.388 e. The maximum Gasteiger partial charge on any atom is 0.216 e. The lowest BCUT2D eigenvalue weighted by Crippen LogP contribution is -2.34. The number of nitrogens with zero attached hydrogens (tertiary/aromatic N) is 1. The average molecular weight is 234 g/mol. The lowest BCUT2D eigenvalue weighted by molar-refractivity contribution is -0.119. The van der Waals surface area contributed by atoms with Crippen molar-refractivity contribution >= 4 is 5.91 Å². The number of carbonyl (C=O) groups excluding carboxylic acids is 1. The van der Waals surface area contributed by atoms with Gasteiger partial charge in [0.05, 0.1) is 11.6 Å². The maximum atomic E-state index is 10.7. The Morgan fingerprint density at radius 3 is 2.47 bits per heavy atom. The molecule has 90 valence electrons. The molecule has 5 nitrogen and oxygen atoms in total. The molecule has 2 atom stereocenters. The van der Waals surface area contributed by atoms with Crippen LogP contribution in [-0.4, -0.2) is 28.8 Å². The van der Waals surface area contributed by atoms with Gasteiger partial charge < -0.3 is 15.5 Å². The van der Waals surface area contributed by atoms with E-state index in [-0.39, 0.29) is 12.5 Å². The lowest BCUT2D eigenvalue weighted by atomic mass is 10.0. The van der Waals surface area contributed by atoms with E-state index in [2.05, 4.69) is 5.32 Å². The molecule has 0 saturated heterocycles. The highest BCUT2D eigenvalue weighted by Gasteiger charge is 2.18. The van der Waals surface area contributed by atoms with E-state index < -0.39 is 12.2 Å². The molecule has 0 aliphatic heterocycles. The van der Waals surface area contributed by atoms with Gasteiger partial charge in [-0.3, -0.25) is 4.79 Å². The number of amides is 1. The van der Waals surface area contributed by atoms with E-state index >= 15 is 0 Å². The predicted molar refractivity (Wildman–Crippen MR) is 60.8 cm³/mol. The van der Waals surface area contributed by atoms with Gasteiger partial charge in [-0.05, 0) is 17.7 Å². The van der Waals surface area contributed by atoms with E-state index in [1.807, 2.05) is 6.07 Å². The summed E-state index contributed by atoms with van der Waals surface area (Å²) in [6, 6.07) is 8.22. The van der Waals surface area contributed by atoms with Crippen molar-refractivity contribution in [3.05, 3.63) is 35.4 Å². The number of rotatable bonds is 4. The maximum absolute atomic E-state index is 10.7. The Hall–Kier alpha value is -1.90. The second-order valence-corrected chi connectivity index (χ2v) is 3.68. The van der Waals surface area contributed by atoms with Gasteiger partial charge in [0.2, 0.25) is 5.91 Å². The van der Waals surface area contributed by atoms with Crippen molar-refractivity contribution in [1.82, 2.24) is 5.32 Å². The summed E-state index contributed by atoms with van der Waals surface area (Å²) in [5.74, 6) is -0.268. The summed E-state index contributed by atoms with van der Waals surface area (Å²) in [4.78, 5) is 10.7. The molecule has 1 rings (SSSR count). The van der Waals surface area contributed by atoms with Gasteiger partial charge in [-0.2, -0.15) is 5.26 Å². The summed E-state index contributed by atoms with van der Waals surface area (Å²) in [7, 11) is 0. The van der Waals surface area contributed by atoms with Crippen LogP contribution in [0.15, 0.2) is 24.3 Å². The van der Waals surface area contributed by atoms with Crippen LogP contribution >= 0.6 is 0 Å². The summed E-state index contributed by atoms with van der Waals surface area (Å²) < 4.78 is 0. The molecule has 3 N–H and O–H groups in total. The van der Waals surface area contributed by atoms with Crippen LogP contribution in [-0.2, 0) is 4.79 Å². The summed E-state index contributed by atoms with van der Waals surface area (Å²) in [6.45, 7) is 1.32. The molecule has 1 amide bonds. The minimum atomic E-state index is -1.09. The molecule has 0 aliphatic carbocycles. The Labute approximate surface area is 99.3 Å². The second-order valence-electron chi connectivity index (χ2n) is 3.68. The van der Waals surface area contributed by atoms with Crippen molar-refractivity contribution in [1.29, 1.82) is 5.26 Å². The SMILES string of the molecule is CC(=O)NCC(O)C(O)c1ccc(C#N)cc1. The molecule has 0 saturated carbocycles. The third-order valence-electron chi connectivity index (χ3n) is 2.31. The molecule has 17 heavy (non-hydrogen) atoms. The van der Waals surface area contributed by atoms with Crippen molar-refractivity contribution < 1.29 is 15.0 Å². The Balaban J connectivity index is 2.64. The Kier molecular flexibility index (Phi) is 4.64. The Bertz CT molecular complexity index is 422. The smallest absolute Gasteiger partial charge is 0.216 e. The van der Waals surface area contributed by atoms with Gasteiger partial charge in [-0.25, -0.2) is 0 Å². The average Bonchev–Trinajstić information content (AvgIpc) is 2.35. The van der Waals surface area contributed by atoms with Gasteiger partial charge >= 0.3 is 0 Å². The predicted octanol–water partition coefficient (Wildman–Crippen LogP) is 0.0887. The van der Waals surface area contributed by atoms with Crippen LogP contribution in [0.2, 0.25) is 0 Å². The van der Waals surface area contributed by atoms with E-state index in [9.17, 15) is 15.0 Å². The van der Waals surface area contributed by atoms with Gasteiger partial charge in [-0.15, -0.1) is 0 Å². The second kappa shape index (κ2) is 5.99. The zero-order valence-electron chi connectivity index (χ0n) is 9.42. The van der Waals surface area contributed by atoms with Gasteiger partial charge in [0.1, 0.15) is 12.2 Å². The summed E-state index contributed by atoms with van der Waals surface area (Å²) in [6.07, 6.45) is -2.17. The topological polar surface area (TPSA) is 93.3 Å². The fourth-order valence-corrected chi connectivity index (χ4v) is 1.34. The van der Waals surface area contributed by atoms with Gasteiger partial charge in [0.25, 0.3) is 0 Å². The Morgan fingerprint density at radius 1 is 1.41 bits per heavy atom. The van der Waals surface area contributed by atoms with Gasteiger partial charge in [-0.1, -0.05) is 12.1 Å². The number of nitrogens with one attached hydrogen (secondary N) is 1. The molecule has 0 radical (unpaired) electrons. The highest BCUT2D eigenvalue weighted by atomic mass is 16.3. The molecule has 5 heteroatoms. The molecule has 0 fully saturated rings. The summed E-state index contributed by atoms with van der Waals surface area (Å²) >= 11 is 0. The zero-order chi connectivity index (χ0) is 12.8. The standard InChI is InChI=1S/C12H14N2O3/c1-8(15)14-7-11(16)12(17)10-4-2-9(6-13)3-5-10/h2-5,11-12,16-17H,7H2,1H3,(H,14,15). The fourth-order valence-electron chi connectivity index (χ4n) is 1.34. The number of hydrogen-bond donors (Lipinski definition) is 3. The quantitative estimate of drug-likeness (QED) is 0.688. The van der Waals surface area contributed by atoms with E-state index in [4.69, 9.17) is 5.26 Å². The zero-order valence-corrected chi connectivity index (χ0v) is 9.42. The molecule has 0 bridgehead atoms. The minimum absolute atomic E-state index is 0.0174. The first-order valence-electron chi connectivity index (χ1n) is 5.15. The van der Waals surface area contributed by atoms with Gasteiger partial charge in [0.15, 0.2) is 0 Å². The third kappa shape index (κ3) is 3.87. The van der Waals surface area contributed by atoms with E-state index in [1.54, 1.807) is 24.3 Å². The summed E-state index contributed by atoms with van der Waals surface area (Å²) in [5, 5.41) is 30.4. The Morgan fingerprint density at radius 2 is 2.00 bits per heavy atom. The van der Waals surface area contributed by atoms with Crippen molar-refractivity contribution in [3.63, 3.8) is 0 Å². The highest BCUT2D eigenvalue weighted by Crippen LogP contribution is 2.17. The number of hydrogen-bond acceptors (Lipinski definition) is 4. The van der Waals surface area contributed by atoms with Gasteiger partial charge in [0, 0.05) is 13.5 Å².